The van der Waals surface area contributed by atoms with Crippen molar-refractivity contribution >= 4 is 11.8 Å². The van der Waals surface area contributed by atoms with Crippen LogP contribution in [0.25, 0.3) is 0 Å². The largest absolute Gasteiger partial charge is 0.481 e. The highest BCUT2D eigenvalue weighted by atomic mass is 16.5. The smallest absolute Gasteiger partial charge is 0.258 e. The standard InChI is InChI=1S/C12H10N2O3/c1-6-5-7-8-9(11(16)14-10(8)15)12(6,17-7)3-2-4-13/h5,9H,2-3H2,1H3,(H,14,15,16). The number of carbonyl (C=O) groups excluding carboxylic acids is 2. The molecule has 2 bridgehead atoms. The molecule has 0 saturated carbocycles. The van der Waals surface area contributed by atoms with Gasteiger partial charge in [0.2, 0.25) is 5.91 Å². The predicted octanol–water partition coefficient (Wildman–Crippen LogP) is 0.546. The summed E-state index contributed by atoms with van der Waals surface area (Å²) in [6, 6.07) is 2.06. The van der Waals surface area contributed by atoms with E-state index in [1.165, 1.54) is 0 Å². The van der Waals surface area contributed by atoms with Crippen molar-refractivity contribution in [3.05, 3.63) is 23.0 Å². The molecule has 2 amide bonds. The van der Waals surface area contributed by atoms with Crippen LogP contribution in [0.2, 0.25) is 0 Å². The second-order valence-electron chi connectivity index (χ2n) is 4.51. The molecule has 3 aliphatic heterocycles. The first-order valence-electron chi connectivity index (χ1n) is 5.44. The SMILES string of the molecule is CC1=CC2=C3C(=O)NC(=O)C3C1(CCC#N)O2. The van der Waals surface area contributed by atoms with Gasteiger partial charge < -0.3 is 4.74 Å². The fourth-order valence-electron chi connectivity index (χ4n) is 2.89. The third kappa shape index (κ3) is 1.02. The monoisotopic (exact) mass is 230 g/mol. The van der Waals surface area contributed by atoms with Gasteiger partial charge >= 0.3 is 0 Å². The minimum absolute atomic E-state index is 0.295. The summed E-state index contributed by atoms with van der Waals surface area (Å²) < 4.78 is 5.74. The summed E-state index contributed by atoms with van der Waals surface area (Å²) in [5.74, 6) is -0.750. The fourth-order valence-corrected chi connectivity index (χ4v) is 2.89. The highest BCUT2D eigenvalue weighted by Crippen LogP contribution is 2.54. The van der Waals surface area contributed by atoms with Crippen molar-refractivity contribution < 1.29 is 14.3 Å². The summed E-state index contributed by atoms with van der Waals surface area (Å²) in [6.07, 6.45) is 2.52. The van der Waals surface area contributed by atoms with Crippen molar-refractivity contribution in [3.8, 4) is 6.07 Å². The molecule has 1 saturated heterocycles. The van der Waals surface area contributed by atoms with Gasteiger partial charge in [-0.15, -0.1) is 0 Å². The summed E-state index contributed by atoms with van der Waals surface area (Å²) in [5, 5.41) is 11.0. The highest BCUT2D eigenvalue weighted by molar-refractivity contribution is 6.17. The van der Waals surface area contributed by atoms with Crippen LogP contribution in [0, 0.1) is 17.2 Å². The van der Waals surface area contributed by atoms with E-state index in [1.807, 2.05) is 6.92 Å². The number of ether oxygens (including phenoxy) is 1. The maximum Gasteiger partial charge on any atom is 0.258 e. The van der Waals surface area contributed by atoms with Crippen molar-refractivity contribution in [3.63, 3.8) is 0 Å². The number of imide groups is 1. The number of allylic oxidation sites excluding steroid dienone is 1. The molecule has 0 spiro atoms. The summed E-state index contributed by atoms with van der Waals surface area (Å²) in [4.78, 5) is 23.4. The number of nitriles is 1. The third-order valence-electron chi connectivity index (χ3n) is 3.68. The van der Waals surface area contributed by atoms with Crippen LogP contribution >= 0.6 is 0 Å². The minimum atomic E-state index is -0.795. The predicted molar refractivity (Wildman–Crippen MR) is 56.1 cm³/mol. The molecule has 86 valence electrons. The van der Waals surface area contributed by atoms with Crippen LogP contribution in [0.15, 0.2) is 23.0 Å². The normalized spacial score (nSPS) is 33.2. The Kier molecular flexibility index (Phi) is 1.77. The number of fused-ring (bicyclic) bond motifs is 4. The number of carbonyl (C=O) groups is 2. The second-order valence-corrected chi connectivity index (χ2v) is 4.51. The zero-order valence-electron chi connectivity index (χ0n) is 9.24. The van der Waals surface area contributed by atoms with Crippen LogP contribution in [0.3, 0.4) is 0 Å². The number of hydrogen-bond donors (Lipinski definition) is 1. The van der Waals surface area contributed by atoms with E-state index in [9.17, 15) is 9.59 Å². The van der Waals surface area contributed by atoms with Gasteiger partial charge in [-0.05, 0) is 18.6 Å². The lowest BCUT2D eigenvalue weighted by atomic mass is 9.75. The van der Waals surface area contributed by atoms with Gasteiger partial charge in [0.15, 0.2) is 0 Å². The van der Waals surface area contributed by atoms with Crippen LogP contribution in [-0.4, -0.2) is 17.4 Å². The van der Waals surface area contributed by atoms with E-state index in [0.29, 0.717) is 24.2 Å². The van der Waals surface area contributed by atoms with Crippen molar-refractivity contribution in [2.45, 2.75) is 25.4 Å². The Balaban J connectivity index is 2.09. The molecule has 3 heterocycles. The minimum Gasteiger partial charge on any atom is -0.481 e. The molecule has 0 aromatic heterocycles. The Bertz CT molecular complexity index is 553. The lowest BCUT2D eigenvalue weighted by Crippen LogP contribution is -2.41. The van der Waals surface area contributed by atoms with Crippen LogP contribution in [-0.2, 0) is 14.3 Å². The van der Waals surface area contributed by atoms with Gasteiger partial charge in [-0.1, -0.05) is 0 Å². The van der Waals surface area contributed by atoms with Crippen LogP contribution in [0.1, 0.15) is 19.8 Å². The molecule has 0 aromatic carbocycles. The zero-order chi connectivity index (χ0) is 12.2. The zero-order valence-corrected chi connectivity index (χ0v) is 9.24. The van der Waals surface area contributed by atoms with Gasteiger partial charge in [-0.3, -0.25) is 14.9 Å². The molecule has 5 nitrogen and oxygen atoms in total. The van der Waals surface area contributed by atoms with Gasteiger partial charge in [0.05, 0.1) is 11.6 Å². The van der Waals surface area contributed by atoms with Gasteiger partial charge in [-0.2, -0.15) is 5.26 Å². The molecule has 0 radical (unpaired) electrons. The van der Waals surface area contributed by atoms with Gasteiger partial charge in [-0.25, -0.2) is 0 Å². The average Bonchev–Trinajstić information content (AvgIpc) is 2.86. The van der Waals surface area contributed by atoms with E-state index >= 15 is 0 Å². The molecule has 3 aliphatic rings. The molecule has 0 aliphatic carbocycles. The number of hydrogen-bond acceptors (Lipinski definition) is 4. The molecule has 0 aromatic rings. The van der Waals surface area contributed by atoms with Gasteiger partial charge in [0.1, 0.15) is 17.3 Å². The topological polar surface area (TPSA) is 79.2 Å². The Morgan fingerprint density at radius 2 is 2.35 bits per heavy atom. The van der Waals surface area contributed by atoms with Crippen molar-refractivity contribution in [1.82, 2.24) is 5.32 Å². The molecule has 2 atom stereocenters. The molecule has 1 N–H and O–H groups in total. The van der Waals surface area contributed by atoms with Crippen molar-refractivity contribution in [2.75, 3.05) is 0 Å². The van der Waals surface area contributed by atoms with E-state index in [1.54, 1.807) is 6.08 Å². The quantitative estimate of drug-likeness (QED) is 0.702. The van der Waals surface area contributed by atoms with Crippen LogP contribution < -0.4 is 5.32 Å². The Morgan fingerprint density at radius 3 is 3.06 bits per heavy atom. The Morgan fingerprint density at radius 1 is 1.59 bits per heavy atom. The maximum absolute atomic E-state index is 11.8. The summed E-state index contributed by atoms with van der Waals surface area (Å²) >= 11 is 0. The molecular weight excluding hydrogens is 220 g/mol. The molecular formula is C12H10N2O3. The number of nitrogens with one attached hydrogen (secondary N) is 1. The summed E-state index contributed by atoms with van der Waals surface area (Å²) in [6.45, 7) is 1.87. The first-order chi connectivity index (χ1) is 8.10. The molecule has 1 fully saturated rings. The molecule has 3 rings (SSSR count). The first kappa shape index (κ1) is 10.1. The van der Waals surface area contributed by atoms with E-state index in [0.717, 1.165) is 5.57 Å². The van der Waals surface area contributed by atoms with Crippen LogP contribution in [0.4, 0.5) is 0 Å². The van der Waals surface area contributed by atoms with Crippen LogP contribution in [0.5, 0.6) is 0 Å². The summed E-state index contributed by atoms with van der Waals surface area (Å²) in [5.41, 5.74) is 0.552. The molecule has 17 heavy (non-hydrogen) atoms. The van der Waals surface area contributed by atoms with E-state index in [-0.39, 0.29) is 11.8 Å². The van der Waals surface area contributed by atoms with E-state index < -0.39 is 11.5 Å². The number of amides is 2. The van der Waals surface area contributed by atoms with Crippen molar-refractivity contribution in [1.29, 1.82) is 5.26 Å². The molecule has 2 unspecified atom stereocenters. The maximum atomic E-state index is 11.8. The Labute approximate surface area is 97.7 Å². The average molecular weight is 230 g/mol. The van der Waals surface area contributed by atoms with E-state index in [4.69, 9.17) is 10.00 Å². The third-order valence-corrected chi connectivity index (χ3v) is 3.68. The van der Waals surface area contributed by atoms with Gasteiger partial charge in [0, 0.05) is 12.8 Å². The van der Waals surface area contributed by atoms with E-state index in [2.05, 4.69) is 11.4 Å². The Hall–Kier alpha value is -2.09. The van der Waals surface area contributed by atoms with Crippen molar-refractivity contribution in [2.24, 2.45) is 5.92 Å². The number of rotatable bonds is 2. The first-order valence-corrected chi connectivity index (χ1v) is 5.44. The van der Waals surface area contributed by atoms with Gasteiger partial charge in [0.25, 0.3) is 5.91 Å². The highest BCUT2D eigenvalue weighted by Gasteiger charge is 2.62. The second kappa shape index (κ2) is 2.98. The summed E-state index contributed by atoms with van der Waals surface area (Å²) in [7, 11) is 0. The lowest BCUT2D eigenvalue weighted by Gasteiger charge is -2.30. The molecule has 5 heteroatoms. The fraction of sp³-hybridized carbons (Fsp3) is 0.417. The lowest BCUT2D eigenvalue weighted by molar-refractivity contribution is -0.129. The number of nitrogens with zero attached hydrogens (tertiary/aromatic N) is 1.